The van der Waals surface area contributed by atoms with E-state index in [1.807, 2.05) is 51.1 Å². The van der Waals surface area contributed by atoms with Crippen LogP contribution in [0.5, 0.6) is 0 Å². The second kappa shape index (κ2) is 7.13. The van der Waals surface area contributed by atoms with Crippen LogP contribution in [0, 0.1) is 0 Å². The standard InChI is InChI=1S/C17H25NO2/c1-6-10-15(20-16(19)18-17(3,4)5)13(2)14-11-8-7-9-12-14/h6-9,11-13,15H,1,10H2,2-5H3,(H,18,19)/t13?,15-/m0/s1. The largest absolute Gasteiger partial charge is 0.445 e. The summed E-state index contributed by atoms with van der Waals surface area (Å²) in [7, 11) is 0. The Morgan fingerprint density at radius 3 is 2.45 bits per heavy atom. The van der Waals surface area contributed by atoms with Gasteiger partial charge >= 0.3 is 6.09 Å². The van der Waals surface area contributed by atoms with Gasteiger partial charge in [-0.1, -0.05) is 43.3 Å². The highest BCUT2D eigenvalue weighted by Gasteiger charge is 2.23. The molecule has 1 aromatic carbocycles. The molecule has 20 heavy (non-hydrogen) atoms. The van der Waals surface area contributed by atoms with Gasteiger partial charge in [0.25, 0.3) is 0 Å². The van der Waals surface area contributed by atoms with Crippen molar-refractivity contribution in [2.45, 2.75) is 51.7 Å². The van der Waals surface area contributed by atoms with Gasteiger partial charge in [0.2, 0.25) is 0 Å². The van der Waals surface area contributed by atoms with E-state index < -0.39 is 0 Å². The minimum Gasteiger partial charge on any atom is -0.445 e. The van der Waals surface area contributed by atoms with Gasteiger partial charge in [-0.15, -0.1) is 6.58 Å². The molecule has 1 aromatic rings. The molecule has 0 saturated heterocycles. The van der Waals surface area contributed by atoms with Crippen molar-refractivity contribution >= 4 is 6.09 Å². The molecular formula is C17H25NO2. The molecule has 1 unspecified atom stereocenters. The normalized spacial score (nSPS) is 14.2. The number of alkyl carbamates (subject to hydrolysis) is 1. The average molecular weight is 275 g/mol. The highest BCUT2D eigenvalue weighted by molar-refractivity contribution is 5.68. The summed E-state index contributed by atoms with van der Waals surface area (Å²) in [6, 6.07) is 10.1. The molecule has 1 rings (SSSR count). The molecule has 0 spiro atoms. The summed E-state index contributed by atoms with van der Waals surface area (Å²) in [6.07, 6.45) is 1.83. The monoisotopic (exact) mass is 275 g/mol. The fourth-order valence-corrected chi connectivity index (χ4v) is 1.96. The van der Waals surface area contributed by atoms with Crippen molar-refractivity contribution < 1.29 is 9.53 Å². The number of carbonyl (C=O) groups is 1. The number of nitrogens with one attached hydrogen (secondary N) is 1. The lowest BCUT2D eigenvalue weighted by atomic mass is 9.93. The van der Waals surface area contributed by atoms with Crippen molar-refractivity contribution in [3.8, 4) is 0 Å². The second-order valence-electron chi connectivity index (χ2n) is 6.04. The Labute approximate surface area is 122 Å². The van der Waals surface area contributed by atoms with Crippen molar-refractivity contribution in [2.75, 3.05) is 0 Å². The Morgan fingerprint density at radius 2 is 1.95 bits per heavy atom. The van der Waals surface area contributed by atoms with Gasteiger partial charge in [-0.3, -0.25) is 0 Å². The van der Waals surface area contributed by atoms with Crippen LogP contribution in [0.15, 0.2) is 43.0 Å². The fourth-order valence-electron chi connectivity index (χ4n) is 1.96. The molecule has 3 heteroatoms. The summed E-state index contributed by atoms with van der Waals surface area (Å²) >= 11 is 0. The quantitative estimate of drug-likeness (QED) is 0.815. The maximum Gasteiger partial charge on any atom is 0.407 e. The SMILES string of the molecule is C=CC[C@H](OC(=O)NC(C)(C)C)C(C)c1ccccc1. The van der Waals surface area contributed by atoms with Crippen LogP contribution in [-0.2, 0) is 4.74 Å². The Morgan fingerprint density at radius 1 is 1.35 bits per heavy atom. The van der Waals surface area contributed by atoms with E-state index in [9.17, 15) is 4.79 Å². The van der Waals surface area contributed by atoms with Crippen LogP contribution in [0.1, 0.15) is 45.6 Å². The fraction of sp³-hybridized carbons (Fsp3) is 0.471. The third kappa shape index (κ3) is 5.47. The average Bonchev–Trinajstić information content (AvgIpc) is 2.36. The summed E-state index contributed by atoms with van der Waals surface area (Å²) in [4.78, 5) is 11.9. The van der Waals surface area contributed by atoms with Crippen LogP contribution >= 0.6 is 0 Å². The summed E-state index contributed by atoms with van der Waals surface area (Å²) in [6.45, 7) is 11.6. The zero-order chi connectivity index (χ0) is 15.2. The first kappa shape index (κ1) is 16.3. The Bertz CT molecular complexity index is 434. The van der Waals surface area contributed by atoms with Gasteiger partial charge in [0.15, 0.2) is 0 Å². The maximum absolute atomic E-state index is 11.9. The Kier molecular flexibility index (Phi) is 5.81. The number of carbonyl (C=O) groups excluding carboxylic acids is 1. The topological polar surface area (TPSA) is 38.3 Å². The first-order chi connectivity index (χ1) is 9.33. The molecule has 0 radical (unpaired) electrons. The zero-order valence-corrected chi connectivity index (χ0v) is 12.8. The Hall–Kier alpha value is -1.77. The molecule has 0 fully saturated rings. The van der Waals surface area contributed by atoms with E-state index in [4.69, 9.17) is 4.74 Å². The lowest BCUT2D eigenvalue weighted by Gasteiger charge is -2.26. The molecule has 2 atom stereocenters. The number of hydrogen-bond donors (Lipinski definition) is 1. The highest BCUT2D eigenvalue weighted by atomic mass is 16.6. The number of hydrogen-bond acceptors (Lipinski definition) is 2. The number of rotatable bonds is 5. The molecule has 3 nitrogen and oxygen atoms in total. The van der Waals surface area contributed by atoms with E-state index in [0.29, 0.717) is 6.42 Å². The summed E-state index contributed by atoms with van der Waals surface area (Å²) in [5, 5.41) is 2.82. The van der Waals surface area contributed by atoms with Crippen LogP contribution in [0.2, 0.25) is 0 Å². The summed E-state index contributed by atoms with van der Waals surface area (Å²) < 4.78 is 5.56. The molecule has 1 amide bonds. The van der Waals surface area contributed by atoms with Crippen molar-refractivity contribution in [1.29, 1.82) is 0 Å². The van der Waals surface area contributed by atoms with E-state index in [1.54, 1.807) is 6.08 Å². The zero-order valence-electron chi connectivity index (χ0n) is 12.8. The smallest absolute Gasteiger partial charge is 0.407 e. The van der Waals surface area contributed by atoms with Crippen molar-refractivity contribution in [1.82, 2.24) is 5.32 Å². The molecule has 0 aromatic heterocycles. The van der Waals surface area contributed by atoms with Gasteiger partial charge in [-0.25, -0.2) is 4.79 Å². The molecule has 0 heterocycles. The van der Waals surface area contributed by atoms with Crippen LogP contribution in [-0.4, -0.2) is 17.7 Å². The molecule has 0 aliphatic heterocycles. The van der Waals surface area contributed by atoms with Gasteiger partial charge < -0.3 is 10.1 Å². The van der Waals surface area contributed by atoms with Crippen molar-refractivity contribution in [3.05, 3.63) is 48.6 Å². The predicted molar refractivity (Wildman–Crippen MR) is 82.8 cm³/mol. The van der Waals surface area contributed by atoms with E-state index in [0.717, 1.165) is 5.56 Å². The van der Waals surface area contributed by atoms with Gasteiger partial charge in [0.1, 0.15) is 6.10 Å². The molecule has 0 aliphatic rings. The van der Waals surface area contributed by atoms with Crippen molar-refractivity contribution in [3.63, 3.8) is 0 Å². The lowest BCUT2D eigenvalue weighted by molar-refractivity contribution is 0.0803. The van der Waals surface area contributed by atoms with Gasteiger partial charge in [0.05, 0.1) is 0 Å². The van der Waals surface area contributed by atoms with Crippen molar-refractivity contribution in [2.24, 2.45) is 0 Å². The van der Waals surface area contributed by atoms with Crippen LogP contribution < -0.4 is 5.32 Å². The molecule has 0 aliphatic carbocycles. The Balaban J connectivity index is 2.74. The molecule has 1 N–H and O–H groups in total. The van der Waals surface area contributed by atoms with Gasteiger partial charge in [-0.05, 0) is 26.3 Å². The lowest BCUT2D eigenvalue weighted by Crippen LogP contribution is -2.42. The number of benzene rings is 1. The molecule has 0 bridgehead atoms. The van der Waals surface area contributed by atoms with Crippen LogP contribution in [0.25, 0.3) is 0 Å². The third-order valence-electron chi connectivity index (χ3n) is 3.02. The minimum absolute atomic E-state index is 0.125. The number of ether oxygens (including phenoxy) is 1. The molecule has 110 valence electrons. The number of amides is 1. The summed E-state index contributed by atoms with van der Waals surface area (Å²) in [5.74, 6) is 0.125. The first-order valence-corrected chi connectivity index (χ1v) is 6.98. The molecule has 0 saturated carbocycles. The third-order valence-corrected chi connectivity index (χ3v) is 3.02. The highest BCUT2D eigenvalue weighted by Crippen LogP contribution is 2.24. The minimum atomic E-state index is -0.382. The predicted octanol–water partition coefficient (Wildman–Crippen LogP) is 4.26. The van der Waals surface area contributed by atoms with Gasteiger partial charge in [-0.2, -0.15) is 0 Å². The van der Waals surface area contributed by atoms with Crippen LogP contribution in [0.4, 0.5) is 4.79 Å². The van der Waals surface area contributed by atoms with Gasteiger partial charge in [0, 0.05) is 17.9 Å². The second-order valence-corrected chi connectivity index (χ2v) is 6.04. The maximum atomic E-state index is 11.9. The van der Waals surface area contributed by atoms with Crippen LogP contribution in [0.3, 0.4) is 0 Å². The van der Waals surface area contributed by atoms with E-state index in [-0.39, 0.29) is 23.7 Å². The first-order valence-electron chi connectivity index (χ1n) is 6.98. The van der Waals surface area contributed by atoms with E-state index in [1.165, 1.54) is 0 Å². The van der Waals surface area contributed by atoms with E-state index >= 15 is 0 Å². The molecular weight excluding hydrogens is 250 g/mol. The van der Waals surface area contributed by atoms with E-state index in [2.05, 4.69) is 18.8 Å². The summed E-state index contributed by atoms with van der Waals surface area (Å²) in [5.41, 5.74) is 0.856.